The fourth-order valence-corrected chi connectivity index (χ4v) is 6.27. The molecule has 38 heavy (non-hydrogen) atoms. The maximum absolute atomic E-state index is 14.0. The van der Waals surface area contributed by atoms with Gasteiger partial charge >= 0.3 is 0 Å². The van der Waals surface area contributed by atoms with Crippen molar-refractivity contribution < 1.29 is 9.13 Å². The quantitative estimate of drug-likeness (QED) is 0.367. The third-order valence-corrected chi connectivity index (χ3v) is 8.13. The van der Waals surface area contributed by atoms with Crippen molar-refractivity contribution in [1.82, 2.24) is 25.3 Å². The third-order valence-electron chi connectivity index (χ3n) is 7.32. The van der Waals surface area contributed by atoms with Crippen molar-refractivity contribution in [2.75, 3.05) is 30.3 Å². The Morgan fingerprint density at radius 2 is 2.00 bits per heavy atom. The Morgan fingerprint density at radius 1 is 1.16 bits per heavy atom. The number of nitrogen functional groups attached to an aromatic ring is 1. The molecular weight excluding hydrogens is 501 g/mol. The number of alkyl halides is 1. The van der Waals surface area contributed by atoms with Gasteiger partial charge in [0.05, 0.1) is 12.6 Å². The van der Waals surface area contributed by atoms with Crippen LogP contribution in [-0.4, -0.2) is 45.8 Å². The highest BCUT2D eigenvalue weighted by molar-refractivity contribution is 7.21. The van der Waals surface area contributed by atoms with Crippen LogP contribution in [0.15, 0.2) is 24.4 Å². The number of thiazole rings is 1. The van der Waals surface area contributed by atoms with E-state index in [4.69, 9.17) is 20.4 Å². The maximum Gasteiger partial charge on any atom is 0.182 e. The molecule has 0 unspecified atom stereocenters. The summed E-state index contributed by atoms with van der Waals surface area (Å²) in [7, 11) is 0. The van der Waals surface area contributed by atoms with Gasteiger partial charge in [0.15, 0.2) is 5.13 Å². The van der Waals surface area contributed by atoms with Crippen LogP contribution in [-0.2, 0) is 6.54 Å². The van der Waals surface area contributed by atoms with Crippen LogP contribution in [0.2, 0.25) is 0 Å². The number of aryl methyl sites for hydroxylation is 2. The maximum atomic E-state index is 14.0. The smallest absolute Gasteiger partial charge is 0.182 e. The largest absolute Gasteiger partial charge is 0.491 e. The fourth-order valence-electron chi connectivity index (χ4n) is 5.61. The van der Waals surface area contributed by atoms with Crippen molar-refractivity contribution in [1.29, 1.82) is 0 Å². The number of anilines is 2. The van der Waals surface area contributed by atoms with Gasteiger partial charge in [0.1, 0.15) is 40.5 Å². The van der Waals surface area contributed by atoms with Crippen LogP contribution in [0.25, 0.3) is 21.5 Å². The summed E-state index contributed by atoms with van der Waals surface area (Å²) in [5, 5.41) is 3.76. The molecule has 1 saturated heterocycles. The van der Waals surface area contributed by atoms with Crippen molar-refractivity contribution in [3.8, 4) is 16.9 Å². The Balaban J connectivity index is 1.40. The van der Waals surface area contributed by atoms with Crippen LogP contribution >= 0.6 is 11.3 Å². The molecule has 5 heterocycles. The van der Waals surface area contributed by atoms with Gasteiger partial charge in [-0.15, -0.1) is 0 Å². The highest BCUT2D eigenvalue weighted by Gasteiger charge is 2.30. The minimum Gasteiger partial charge on any atom is -0.491 e. The average Bonchev–Trinajstić information content (AvgIpc) is 3.40. The topological polar surface area (TPSA) is 102 Å². The van der Waals surface area contributed by atoms with Gasteiger partial charge in [-0.2, -0.15) is 0 Å². The fraction of sp³-hybridized carbons (Fsp3) is 0.429. The van der Waals surface area contributed by atoms with E-state index in [2.05, 4.69) is 53.1 Å². The Kier molecular flexibility index (Phi) is 6.39. The molecule has 6 rings (SSSR count). The molecule has 0 spiro atoms. The van der Waals surface area contributed by atoms with E-state index in [1.165, 1.54) is 11.3 Å². The number of pyridine rings is 1. The standard InChI is InChI=1S/C28H32FN7OS/c1-14(2)23-16(4)33-25(21-10-20(29)12-31-21)35-26(23)36-5-6-37-24-15(3)7-17(8-19(24)13-36)18-9-22-27(32-11-18)38-28(30)34-22/h7-9,11,14,20-21,31H,5-6,10,12-13H2,1-4H3,(H2,30,34)/t20-,21+/m1/s1. The molecule has 8 nitrogen and oxygen atoms in total. The van der Waals surface area contributed by atoms with Crippen LogP contribution < -0.4 is 20.7 Å². The number of halogens is 1. The molecule has 1 aromatic carbocycles. The third kappa shape index (κ3) is 4.56. The molecule has 10 heteroatoms. The first kappa shape index (κ1) is 24.9. The predicted molar refractivity (Wildman–Crippen MR) is 150 cm³/mol. The molecule has 3 aromatic heterocycles. The number of nitrogens with two attached hydrogens (primary N) is 1. The van der Waals surface area contributed by atoms with E-state index in [9.17, 15) is 4.39 Å². The van der Waals surface area contributed by atoms with E-state index < -0.39 is 6.17 Å². The van der Waals surface area contributed by atoms with Gasteiger partial charge in [-0.05, 0) is 49.1 Å². The second-order valence-electron chi connectivity index (χ2n) is 10.5. The molecule has 2 aliphatic heterocycles. The van der Waals surface area contributed by atoms with Gasteiger partial charge in [-0.1, -0.05) is 25.2 Å². The Hall–Kier alpha value is -3.37. The number of aromatic nitrogens is 4. The van der Waals surface area contributed by atoms with E-state index in [0.717, 1.165) is 55.4 Å². The zero-order valence-corrected chi connectivity index (χ0v) is 22.9. The molecular formula is C28H32FN7OS. The molecule has 0 saturated carbocycles. The minimum absolute atomic E-state index is 0.171. The van der Waals surface area contributed by atoms with Crippen LogP contribution in [0.1, 0.15) is 60.4 Å². The van der Waals surface area contributed by atoms with Crippen molar-refractivity contribution >= 4 is 32.6 Å². The van der Waals surface area contributed by atoms with Crippen molar-refractivity contribution in [2.45, 2.75) is 58.8 Å². The molecule has 0 aliphatic carbocycles. The van der Waals surface area contributed by atoms with Gasteiger partial charge in [0, 0.05) is 48.1 Å². The summed E-state index contributed by atoms with van der Waals surface area (Å²) in [4.78, 5) is 22.0. The number of fused-ring (bicyclic) bond motifs is 2. The van der Waals surface area contributed by atoms with Gasteiger partial charge < -0.3 is 20.7 Å². The predicted octanol–water partition coefficient (Wildman–Crippen LogP) is 5.24. The van der Waals surface area contributed by atoms with Crippen LogP contribution in [0, 0.1) is 13.8 Å². The second-order valence-corrected chi connectivity index (χ2v) is 11.5. The summed E-state index contributed by atoms with van der Waals surface area (Å²) >= 11 is 1.39. The van der Waals surface area contributed by atoms with Crippen molar-refractivity contribution in [3.63, 3.8) is 0 Å². The highest BCUT2D eigenvalue weighted by atomic mass is 32.1. The van der Waals surface area contributed by atoms with Crippen molar-refractivity contribution in [3.05, 3.63) is 52.6 Å². The Labute approximate surface area is 225 Å². The zero-order valence-electron chi connectivity index (χ0n) is 22.1. The average molecular weight is 534 g/mol. The first-order valence-corrected chi connectivity index (χ1v) is 13.9. The summed E-state index contributed by atoms with van der Waals surface area (Å²) in [6.07, 6.45) is 1.41. The number of hydrogen-bond donors (Lipinski definition) is 2. The number of benzene rings is 1. The monoisotopic (exact) mass is 533 g/mol. The summed E-state index contributed by atoms with van der Waals surface area (Å²) < 4.78 is 20.3. The number of hydrogen-bond acceptors (Lipinski definition) is 9. The van der Waals surface area contributed by atoms with Gasteiger partial charge in [0.25, 0.3) is 0 Å². The van der Waals surface area contributed by atoms with E-state index >= 15 is 0 Å². The van der Waals surface area contributed by atoms with Gasteiger partial charge in [0.2, 0.25) is 0 Å². The van der Waals surface area contributed by atoms with Crippen LogP contribution in [0.5, 0.6) is 5.75 Å². The first-order valence-electron chi connectivity index (χ1n) is 13.1. The van der Waals surface area contributed by atoms with Gasteiger partial charge in [-0.25, -0.2) is 24.3 Å². The molecule has 0 amide bonds. The number of nitrogens with one attached hydrogen (secondary N) is 1. The molecule has 4 aromatic rings. The SMILES string of the molecule is Cc1cc(-c2cnc3sc(N)nc3c2)cc2c1OCCN(c1nc([C@@H]3C[C@@H](F)CN3)nc(C)c1C(C)C)C2. The summed E-state index contributed by atoms with van der Waals surface area (Å²) in [5.74, 6) is 2.73. The lowest BCUT2D eigenvalue weighted by Crippen LogP contribution is -2.29. The molecule has 0 bridgehead atoms. The molecule has 0 radical (unpaired) electrons. The second kappa shape index (κ2) is 9.74. The van der Waals surface area contributed by atoms with E-state index in [1.54, 1.807) is 0 Å². The lowest BCUT2D eigenvalue weighted by Gasteiger charge is -2.27. The summed E-state index contributed by atoms with van der Waals surface area (Å²) in [5.41, 5.74) is 13.0. The van der Waals surface area contributed by atoms with Crippen LogP contribution in [0.4, 0.5) is 15.3 Å². The van der Waals surface area contributed by atoms with E-state index in [1.807, 2.05) is 19.2 Å². The molecule has 198 valence electrons. The molecule has 2 aliphatic rings. The summed E-state index contributed by atoms with van der Waals surface area (Å²) in [6, 6.07) is 6.18. The lowest BCUT2D eigenvalue weighted by molar-refractivity contribution is 0.329. The van der Waals surface area contributed by atoms with Crippen LogP contribution in [0.3, 0.4) is 0 Å². The number of nitrogens with zero attached hydrogens (tertiary/aromatic N) is 5. The van der Waals surface area contributed by atoms with Crippen molar-refractivity contribution in [2.24, 2.45) is 0 Å². The molecule has 1 fully saturated rings. The Morgan fingerprint density at radius 3 is 2.76 bits per heavy atom. The number of rotatable bonds is 4. The van der Waals surface area contributed by atoms with E-state index in [0.29, 0.717) is 43.6 Å². The number of ether oxygens (including phenoxy) is 1. The molecule has 2 atom stereocenters. The normalized spacial score (nSPS) is 19.6. The van der Waals surface area contributed by atoms with Gasteiger partial charge in [-0.3, -0.25) is 0 Å². The zero-order chi connectivity index (χ0) is 26.6. The lowest BCUT2D eigenvalue weighted by atomic mass is 9.98. The Bertz CT molecular complexity index is 1520. The summed E-state index contributed by atoms with van der Waals surface area (Å²) in [6.45, 7) is 10.7. The van der Waals surface area contributed by atoms with E-state index in [-0.39, 0.29) is 12.0 Å². The highest BCUT2D eigenvalue weighted by Crippen LogP contribution is 2.37. The minimum atomic E-state index is -0.869. The first-order chi connectivity index (χ1) is 18.3. The molecule has 3 N–H and O–H groups in total.